The molecule has 368 valence electrons. The van der Waals surface area contributed by atoms with Crippen molar-refractivity contribution in [3.63, 3.8) is 0 Å². The summed E-state index contributed by atoms with van der Waals surface area (Å²) in [4.78, 5) is 138. The molecule has 2 aromatic rings. The van der Waals surface area contributed by atoms with Gasteiger partial charge >= 0.3 is 11.9 Å². The molecule has 0 bridgehead atoms. The molecular weight excluding hydrogens is 879 g/mol. The molecule has 0 radical (unpaired) electrons. The number of aromatic nitrogens is 2. The third kappa shape index (κ3) is 17.4. The van der Waals surface area contributed by atoms with Crippen molar-refractivity contribution < 1.29 is 63.3 Å². The van der Waals surface area contributed by atoms with Gasteiger partial charge in [0.15, 0.2) is 0 Å². The monoisotopic (exact) mass is 941 g/mol. The van der Waals surface area contributed by atoms with Crippen molar-refractivity contribution in [2.24, 2.45) is 17.6 Å². The fraction of sp³-hybridized carbons (Fsp3) is 0.558. The van der Waals surface area contributed by atoms with Gasteiger partial charge in [0.25, 0.3) is 0 Å². The van der Waals surface area contributed by atoms with E-state index in [4.69, 9.17) is 5.73 Å². The fourth-order valence-corrected chi connectivity index (χ4v) is 7.09. The number of carboxylic acids is 2. The molecular formula is C43H63N11O13. The molecule has 1 aliphatic rings. The lowest BCUT2D eigenvalue weighted by Gasteiger charge is -2.30. The van der Waals surface area contributed by atoms with E-state index in [0.29, 0.717) is 5.69 Å². The number of carboxylic acid groups (broad SMARTS) is 2. The lowest BCUT2D eigenvalue weighted by atomic mass is 10.0. The predicted molar refractivity (Wildman–Crippen MR) is 237 cm³/mol. The van der Waals surface area contributed by atoms with Crippen LogP contribution in [0.5, 0.6) is 0 Å². The van der Waals surface area contributed by atoms with Gasteiger partial charge in [0.2, 0.25) is 47.3 Å². The highest BCUT2D eigenvalue weighted by Crippen LogP contribution is 2.20. The van der Waals surface area contributed by atoms with E-state index >= 15 is 0 Å². The molecule has 0 saturated carbocycles. The number of aliphatic hydroxyl groups excluding tert-OH is 1. The standard InChI is InChI=1S/C43H63N11O13/c1-22(2)14-28(50-37(60)27(44)15-25-10-7-6-8-11-25)40(63)52-31(20-55)42(65)54-13-9-12-32(54)41(64)51-30(17-34(57)58)38(61)46-19-33(56)49-29(16-26-18-45-21-47-26)39(62)48-24(5)36(59)53-35(23(3)4)43(66)67/h6-8,10-11,18,21-24,27-32,35,55H,9,12-17,19-20,44H2,1-5H3,(H,45,47)(H,46,61)(H,48,62)(H,49,56)(H,50,60)(H,51,64)(H,52,63)(H,53,59)(H,57,58)(H,66,67)/t24-,27-,28-,29-,30-,31-,32-,35-/m0/s1. The second-order valence-corrected chi connectivity index (χ2v) is 17.0. The van der Waals surface area contributed by atoms with Crippen molar-refractivity contribution in [2.75, 3.05) is 19.7 Å². The quantitative estimate of drug-likeness (QED) is 0.0442. The maximum atomic E-state index is 13.8. The van der Waals surface area contributed by atoms with Crippen molar-refractivity contribution in [3.8, 4) is 0 Å². The first-order valence-corrected chi connectivity index (χ1v) is 21.8. The van der Waals surface area contributed by atoms with E-state index in [1.54, 1.807) is 38.1 Å². The summed E-state index contributed by atoms with van der Waals surface area (Å²) in [6.45, 7) is 6.40. The number of hydrogen-bond donors (Lipinski definition) is 12. The number of hydrogen-bond acceptors (Lipinski definition) is 13. The maximum absolute atomic E-state index is 13.8. The lowest BCUT2D eigenvalue weighted by Crippen LogP contribution is -2.60. The number of rotatable bonds is 26. The Labute approximate surface area is 386 Å². The Balaban J connectivity index is 1.65. The number of nitrogens with two attached hydrogens (primary N) is 1. The number of aromatic amines is 1. The molecule has 1 aromatic carbocycles. The molecule has 1 saturated heterocycles. The molecule has 8 atom stereocenters. The average Bonchev–Trinajstić information content (AvgIpc) is 3.98. The van der Waals surface area contributed by atoms with Crippen molar-refractivity contribution >= 4 is 59.2 Å². The van der Waals surface area contributed by atoms with E-state index in [9.17, 15) is 63.3 Å². The van der Waals surface area contributed by atoms with Gasteiger partial charge in [0.05, 0.1) is 31.9 Å². The minimum atomic E-state index is -1.76. The summed E-state index contributed by atoms with van der Waals surface area (Å²) in [6, 6.07) is -1.57. The predicted octanol–water partition coefficient (Wildman–Crippen LogP) is -3.19. The summed E-state index contributed by atoms with van der Waals surface area (Å²) in [6.07, 6.45) is 2.28. The third-order valence-corrected chi connectivity index (χ3v) is 10.7. The summed E-state index contributed by atoms with van der Waals surface area (Å²) >= 11 is 0. The Bertz CT molecular complexity index is 2050. The number of carbonyl (C=O) groups excluding carboxylic acids is 8. The van der Waals surface area contributed by atoms with Crippen molar-refractivity contribution in [3.05, 3.63) is 54.1 Å². The lowest BCUT2D eigenvalue weighted by molar-refractivity contribution is -0.144. The molecule has 67 heavy (non-hydrogen) atoms. The molecule has 1 aromatic heterocycles. The van der Waals surface area contributed by atoms with Crippen LogP contribution in [0.4, 0.5) is 0 Å². The van der Waals surface area contributed by atoms with Crippen LogP contribution in [0, 0.1) is 11.8 Å². The maximum Gasteiger partial charge on any atom is 0.326 e. The molecule has 0 unspecified atom stereocenters. The van der Waals surface area contributed by atoms with Crippen LogP contribution in [-0.4, -0.2) is 157 Å². The highest BCUT2D eigenvalue weighted by atomic mass is 16.4. The van der Waals surface area contributed by atoms with Crippen LogP contribution in [0.1, 0.15) is 71.6 Å². The Morgan fingerprint density at radius 3 is 2.01 bits per heavy atom. The zero-order chi connectivity index (χ0) is 50.0. The van der Waals surface area contributed by atoms with Crippen LogP contribution >= 0.6 is 0 Å². The molecule has 13 N–H and O–H groups in total. The summed E-state index contributed by atoms with van der Waals surface area (Å²) in [5.41, 5.74) is 7.33. The van der Waals surface area contributed by atoms with E-state index in [0.717, 1.165) is 10.5 Å². The third-order valence-electron chi connectivity index (χ3n) is 10.7. The van der Waals surface area contributed by atoms with Gasteiger partial charge in [-0.3, -0.25) is 43.2 Å². The average molecular weight is 942 g/mol. The molecule has 2 heterocycles. The molecule has 24 nitrogen and oxygen atoms in total. The highest BCUT2D eigenvalue weighted by molar-refractivity contribution is 5.98. The van der Waals surface area contributed by atoms with Crippen LogP contribution in [0.25, 0.3) is 0 Å². The minimum Gasteiger partial charge on any atom is -0.481 e. The van der Waals surface area contributed by atoms with E-state index in [1.165, 1.54) is 19.4 Å². The second-order valence-electron chi connectivity index (χ2n) is 17.0. The summed E-state index contributed by atoms with van der Waals surface area (Å²) in [5.74, 6) is -10.3. The van der Waals surface area contributed by atoms with Gasteiger partial charge in [0.1, 0.15) is 42.3 Å². The molecule has 24 heteroatoms. The molecule has 8 amide bonds. The fourth-order valence-electron chi connectivity index (χ4n) is 7.09. The topological polar surface area (TPSA) is 374 Å². The number of nitrogens with zero attached hydrogens (tertiary/aromatic N) is 2. The largest absolute Gasteiger partial charge is 0.481 e. The van der Waals surface area contributed by atoms with E-state index in [2.05, 4.69) is 47.2 Å². The van der Waals surface area contributed by atoms with E-state index in [1.807, 2.05) is 19.9 Å². The van der Waals surface area contributed by atoms with Gasteiger partial charge < -0.3 is 68.2 Å². The summed E-state index contributed by atoms with van der Waals surface area (Å²) in [5, 5.41) is 46.1. The molecule has 3 rings (SSSR count). The number of aliphatic hydroxyl groups is 1. The van der Waals surface area contributed by atoms with Crippen molar-refractivity contribution in [1.82, 2.24) is 52.1 Å². The molecule has 0 aliphatic carbocycles. The zero-order valence-corrected chi connectivity index (χ0v) is 38.1. The zero-order valence-electron chi connectivity index (χ0n) is 38.1. The van der Waals surface area contributed by atoms with Gasteiger partial charge in [0, 0.05) is 24.9 Å². The number of likely N-dealkylation sites (tertiary alicyclic amines) is 1. The van der Waals surface area contributed by atoms with Crippen LogP contribution in [0.3, 0.4) is 0 Å². The first kappa shape index (κ1) is 54.4. The van der Waals surface area contributed by atoms with Crippen LogP contribution < -0.4 is 43.0 Å². The first-order valence-electron chi connectivity index (χ1n) is 21.8. The van der Waals surface area contributed by atoms with Crippen molar-refractivity contribution in [1.29, 1.82) is 0 Å². The van der Waals surface area contributed by atoms with Crippen LogP contribution in [0.15, 0.2) is 42.9 Å². The number of amides is 8. The normalized spacial score (nSPS) is 16.6. The van der Waals surface area contributed by atoms with Gasteiger partial charge in [-0.1, -0.05) is 58.0 Å². The molecule has 1 fully saturated rings. The second kappa shape index (κ2) is 26.3. The van der Waals surface area contributed by atoms with Gasteiger partial charge in [-0.05, 0) is 50.0 Å². The Morgan fingerprint density at radius 1 is 0.776 bits per heavy atom. The van der Waals surface area contributed by atoms with Gasteiger partial charge in [-0.25, -0.2) is 9.78 Å². The number of nitrogens with one attached hydrogen (secondary N) is 8. The molecule has 0 spiro atoms. The van der Waals surface area contributed by atoms with E-state index in [-0.39, 0.29) is 44.6 Å². The van der Waals surface area contributed by atoms with Gasteiger partial charge in [-0.2, -0.15) is 0 Å². The highest BCUT2D eigenvalue weighted by Gasteiger charge is 2.40. The summed E-state index contributed by atoms with van der Waals surface area (Å²) in [7, 11) is 0. The number of aliphatic carboxylic acids is 2. The number of imidazole rings is 1. The Morgan fingerprint density at radius 2 is 1.43 bits per heavy atom. The number of carbonyl (C=O) groups is 10. The SMILES string of the molecule is CC(C)C[C@H](NC(=O)[C@@H](N)Cc1ccccc1)C(=O)N[C@@H](CO)C(=O)N1CCC[C@H]1C(=O)N[C@@H](CC(=O)O)C(=O)NCC(=O)N[C@@H](Cc1cnc[nH]1)C(=O)N[C@@H](C)C(=O)N[C@H](C(=O)O)C(C)C. The first-order chi connectivity index (χ1) is 31.6. The van der Waals surface area contributed by atoms with E-state index < -0.39 is 133 Å². The van der Waals surface area contributed by atoms with Crippen LogP contribution in [-0.2, 0) is 60.8 Å². The number of benzene rings is 1. The summed E-state index contributed by atoms with van der Waals surface area (Å²) < 4.78 is 0. The van der Waals surface area contributed by atoms with Crippen LogP contribution in [0.2, 0.25) is 0 Å². The van der Waals surface area contributed by atoms with Crippen molar-refractivity contribution in [2.45, 2.75) is 121 Å². The smallest absolute Gasteiger partial charge is 0.326 e. The number of H-pyrrole nitrogens is 1. The minimum absolute atomic E-state index is 0.00268. The molecule has 1 aliphatic heterocycles. The van der Waals surface area contributed by atoms with Gasteiger partial charge in [-0.15, -0.1) is 0 Å². The Kier molecular flexibility index (Phi) is 21.3. The Hall–Kier alpha value is -6.95.